The predicted octanol–water partition coefficient (Wildman–Crippen LogP) is 3.69. The average molecular weight is 450 g/mol. The number of halogens is 1. The van der Waals surface area contributed by atoms with E-state index < -0.39 is 0 Å². The van der Waals surface area contributed by atoms with E-state index in [9.17, 15) is 4.79 Å². The van der Waals surface area contributed by atoms with Gasteiger partial charge in [-0.15, -0.1) is 0 Å². The first-order valence-electron chi connectivity index (χ1n) is 11.0. The third-order valence-corrected chi connectivity index (χ3v) is 6.40. The molecule has 0 atom stereocenters. The first kappa shape index (κ1) is 21.1. The summed E-state index contributed by atoms with van der Waals surface area (Å²) >= 11 is 6.10. The van der Waals surface area contributed by atoms with Gasteiger partial charge in [0, 0.05) is 30.8 Å². The monoisotopic (exact) mass is 449 g/mol. The molecule has 2 fully saturated rings. The summed E-state index contributed by atoms with van der Waals surface area (Å²) in [6, 6.07) is 4.03. The normalized spacial score (nSPS) is 18.3. The van der Waals surface area contributed by atoms with Gasteiger partial charge in [-0.2, -0.15) is 0 Å². The first-order chi connectivity index (χ1) is 15.7. The van der Waals surface area contributed by atoms with Gasteiger partial charge in [-0.25, -0.2) is 0 Å². The Bertz CT molecular complexity index is 1150. The molecule has 7 heteroatoms. The second-order valence-electron chi connectivity index (χ2n) is 8.13. The number of hydrogen-bond donors (Lipinski definition) is 0. The zero-order valence-corrected chi connectivity index (χ0v) is 18.7. The molecule has 164 valence electrons. The fourth-order valence-electron chi connectivity index (χ4n) is 4.37. The summed E-state index contributed by atoms with van der Waals surface area (Å²) in [6.45, 7) is 6.65. The van der Waals surface area contributed by atoms with Gasteiger partial charge >= 0.3 is 0 Å². The van der Waals surface area contributed by atoms with Crippen LogP contribution in [0.25, 0.3) is 5.57 Å². The predicted molar refractivity (Wildman–Crippen MR) is 123 cm³/mol. The molecule has 0 aromatic carbocycles. The lowest BCUT2D eigenvalue weighted by atomic mass is 9.94. The van der Waals surface area contributed by atoms with Gasteiger partial charge in [0.25, 0.3) is 0 Å². The molecule has 0 bridgehead atoms. The zero-order valence-electron chi connectivity index (χ0n) is 18.0. The number of hydrogen-bond acceptors (Lipinski definition) is 6. The fourth-order valence-corrected chi connectivity index (χ4v) is 4.52. The second kappa shape index (κ2) is 9.03. The van der Waals surface area contributed by atoms with Crippen LogP contribution in [-0.4, -0.2) is 55.3 Å². The molecule has 1 aliphatic carbocycles. The van der Waals surface area contributed by atoms with Crippen LogP contribution in [-0.2, 0) is 15.9 Å². The van der Waals surface area contributed by atoms with E-state index in [2.05, 4.69) is 27.8 Å². The molecule has 4 heterocycles. The molecule has 32 heavy (non-hydrogen) atoms. The van der Waals surface area contributed by atoms with Crippen molar-refractivity contribution >= 4 is 28.6 Å². The maximum atomic E-state index is 12.9. The number of fused-ring (bicyclic) bond motifs is 1. The summed E-state index contributed by atoms with van der Waals surface area (Å²) in [5.41, 5.74) is 5.93. The molecule has 6 nitrogen and oxygen atoms in total. The number of nitrogens with zero attached hydrogens (tertiary/aromatic N) is 3. The number of Topliss-reactive ketones (excluding diaryl/α,β-unsaturated/α-hetero) is 1. The lowest BCUT2D eigenvalue weighted by molar-refractivity contribution is 0.00797. The van der Waals surface area contributed by atoms with Crippen molar-refractivity contribution in [3.8, 4) is 11.8 Å². The Hall–Kier alpha value is -2.72. The molecule has 0 saturated carbocycles. The Kier molecular flexibility index (Phi) is 5.97. The van der Waals surface area contributed by atoms with Crippen molar-refractivity contribution in [2.75, 3.05) is 44.4 Å². The quantitative estimate of drug-likeness (QED) is 0.663. The van der Waals surface area contributed by atoms with Crippen LogP contribution in [0.5, 0.6) is 0 Å². The molecule has 2 aromatic rings. The molecule has 2 aromatic heterocycles. The number of aromatic nitrogens is 2. The van der Waals surface area contributed by atoms with E-state index >= 15 is 0 Å². The molecule has 2 saturated heterocycles. The van der Waals surface area contributed by atoms with Crippen molar-refractivity contribution in [2.24, 2.45) is 0 Å². The van der Waals surface area contributed by atoms with Gasteiger partial charge in [0.2, 0.25) is 5.78 Å². The summed E-state index contributed by atoms with van der Waals surface area (Å²) in [5, 5.41) is 0.522. The maximum Gasteiger partial charge on any atom is 0.220 e. The van der Waals surface area contributed by atoms with Crippen molar-refractivity contribution < 1.29 is 14.3 Å². The highest BCUT2D eigenvalue weighted by molar-refractivity contribution is 6.31. The van der Waals surface area contributed by atoms with Gasteiger partial charge in [0.05, 0.1) is 61.0 Å². The van der Waals surface area contributed by atoms with E-state index in [0.717, 1.165) is 48.8 Å². The minimum absolute atomic E-state index is 0.121. The third-order valence-electron chi connectivity index (χ3n) is 6.19. The van der Waals surface area contributed by atoms with Crippen molar-refractivity contribution in [3.63, 3.8) is 0 Å². The van der Waals surface area contributed by atoms with E-state index in [1.165, 1.54) is 11.8 Å². The molecule has 2 aliphatic heterocycles. The van der Waals surface area contributed by atoms with Crippen LogP contribution in [0.3, 0.4) is 0 Å². The van der Waals surface area contributed by atoms with Gasteiger partial charge in [0.1, 0.15) is 5.69 Å². The Labute approximate surface area is 192 Å². The number of ether oxygens (including phenoxy) is 2. The van der Waals surface area contributed by atoms with E-state index in [4.69, 9.17) is 26.1 Å². The van der Waals surface area contributed by atoms with Crippen LogP contribution >= 0.6 is 11.6 Å². The molecule has 0 N–H and O–H groups in total. The van der Waals surface area contributed by atoms with E-state index in [1.54, 1.807) is 6.07 Å². The van der Waals surface area contributed by atoms with Crippen LogP contribution in [0.2, 0.25) is 5.02 Å². The number of carbonyl (C=O) groups is 1. The molecule has 0 spiro atoms. The highest BCUT2D eigenvalue weighted by Gasteiger charge is 2.29. The summed E-state index contributed by atoms with van der Waals surface area (Å²) in [7, 11) is 0. The summed E-state index contributed by atoms with van der Waals surface area (Å²) in [5.74, 6) is 6.55. The van der Waals surface area contributed by atoms with E-state index in [-0.39, 0.29) is 5.78 Å². The number of morpholine rings is 1. The topological polar surface area (TPSA) is 64.6 Å². The van der Waals surface area contributed by atoms with Crippen molar-refractivity contribution in [3.05, 3.63) is 57.6 Å². The van der Waals surface area contributed by atoms with Crippen LogP contribution < -0.4 is 4.90 Å². The van der Waals surface area contributed by atoms with E-state index in [1.807, 2.05) is 13.1 Å². The van der Waals surface area contributed by atoms with Crippen LogP contribution in [0, 0.1) is 11.8 Å². The minimum atomic E-state index is -0.121. The highest BCUT2D eigenvalue weighted by atomic mass is 35.5. The number of anilines is 1. The van der Waals surface area contributed by atoms with Crippen LogP contribution in [0.15, 0.2) is 30.1 Å². The molecule has 3 aliphatic rings. The number of pyridine rings is 2. The Morgan fingerprint density at radius 2 is 1.97 bits per heavy atom. The van der Waals surface area contributed by atoms with E-state index in [0.29, 0.717) is 48.3 Å². The standard InChI is InChI=1S/C25H24ClN3O3/c1-2-19-20(25(30)24-22(19)10-17(26)12-28-24)4-3-5-23-21(16-14-32-15-16)11-18(13-27-23)29-6-8-31-9-7-29/h10-13,16H,2,5-9,14-15H2,1H3. The first-order valence-corrected chi connectivity index (χ1v) is 11.4. The summed E-state index contributed by atoms with van der Waals surface area (Å²) in [4.78, 5) is 24.2. The number of ketones is 1. The molecular formula is C25H24ClN3O3. The number of allylic oxidation sites excluding steroid dienone is 2. The average Bonchev–Trinajstić information content (AvgIpc) is 3.04. The fraction of sp³-hybridized carbons (Fsp3) is 0.400. The smallest absolute Gasteiger partial charge is 0.220 e. The van der Waals surface area contributed by atoms with Gasteiger partial charge < -0.3 is 14.4 Å². The van der Waals surface area contributed by atoms with Crippen LogP contribution in [0.4, 0.5) is 5.69 Å². The minimum Gasteiger partial charge on any atom is -0.380 e. The van der Waals surface area contributed by atoms with Crippen molar-refractivity contribution in [2.45, 2.75) is 25.7 Å². The highest BCUT2D eigenvalue weighted by Crippen LogP contribution is 2.35. The molecule has 0 radical (unpaired) electrons. The number of rotatable bonds is 4. The summed E-state index contributed by atoms with van der Waals surface area (Å²) in [6.07, 6.45) is 4.61. The largest absolute Gasteiger partial charge is 0.380 e. The van der Waals surface area contributed by atoms with Crippen molar-refractivity contribution in [1.82, 2.24) is 9.97 Å². The molecular weight excluding hydrogens is 426 g/mol. The summed E-state index contributed by atoms with van der Waals surface area (Å²) < 4.78 is 10.9. The Morgan fingerprint density at radius 3 is 2.69 bits per heavy atom. The van der Waals surface area contributed by atoms with Crippen molar-refractivity contribution in [1.29, 1.82) is 0 Å². The zero-order chi connectivity index (χ0) is 22.1. The van der Waals surface area contributed by atoms with Gasteiger partial charge in [-0.05, 0) is 29.7 Å². The molecule has 0 unspecified atom stereocenters. The maximum absolute atomic E-state index is 12.9. The molecule has 0 amide bonds. The van der Waals surface area contributed by atoms with Gasteiger partial charge in [-0.1, -0.05) is 30.4 Å². The second-order valence-corrected chi connectivity index (χ2v) is 8.56. The third kappa shape index (κ3) is 3.93. The van der Waals surface area contributed by atoms with Crippen LogP contribution in [0.1, 0.15) is 46.6 Å². The van der Waals surface area contributed by atoms with Gasteiger partial charge in [-0.3, -0.25) is 14.8 Å². The Morgan fingerprint density at radius 1 is 1.16 bits per heavy atom. The SMILES string of the molecule is CCC1=C(C#CCc2ncc(N3CCOCC3)cc2C2COC2)C(=O)c2ncc(Cl)cc21. The number of carbonyl (C=O) groups excluding carboxylic acids is 1. The van der Waals surface area contributed by atoms with Gasteiger partial charge in [0.15, 0.2) is 0 Å². The Balaban J connectivity index is 1.42. The lowest BCUT2D eigenvalue weighted by Gasteiger charge is -2.32. The molecule has 5 rings (SSSR count). The lowest BCUT2D eigenvalue weighted by Crippen LogP contribution is -2.36.